The molecule has 0 radical (unpaired) electrons. The standard InChI is InChI=1S/C15H18Cl2N2O4S/c1-10(20)19(12-5-7-24(22,23)9-12)6-4-15(21)18-11-2-3-13(16)14(17)8-11/h2-3,8,12H,4-7,9H2,1H3,(H,18,21). The molecule has 0 spiro atoms. The van der Waals surface area contributed by atoms with Crippen molar-refractivity contribution < 1.29 is 18.0 Å². The van der Waals surface area contributed by atoms with Crippen molar-refractivity contribution in [2.45, 2.75) is 25.8 Å². The Morgan fingerprint density at radius 2 is 2.00 bits per heavy atom. The summed E-state index contributed by atoms with van der Waals surface area (Å²) in [6, 6.07) is 4.38. The first kappa shape index (κ1) is 19.0. The van der Waals surface area contributed by atoms with E-state index in [0.29, 0.717) is 22.2 Å². The minimum Gasteiger partial charge on any atom is -0.338 e. The van der Waals surface area contributed by atoms with Crippen LogP contribution >= 0.6 is 23.2 Å². The molecule has 1 saturated heterocycles. The van der Waals surface area contributed by atoms with Gasteiger partial charge in [0.05, 0.1) is 21.6 Å². The van der Waals surface area contributed by atoms with Crippen molar-refractivity contribution in [1.82, 2.24) is 4.90 Å². The number of benzene rings is 1. The van der Waals surface area contributed by atoms with Crippen LogP contribution in [0.3, 0.4) is 0 Å². The number of sulfone groups is 1. The van der Waals surface area contributed by atoms with Crippen molar-refractivity contribution >= 4 is 50.5 Å². The van der Waals surface area contributed by atoms with E-state index in [4.69, 9.17) is 23.2 Å². The number of rotatable bonds is 5. The van der Waals surface area contributed by atoms with Crippen LogP contribution in [0.1, 0.15) is 19.8 Å². The zero-order valence-electron chi connectivity index (χ0n) is 13.1. The number of carbonyl (C=O) groups excluding carboxylic acids is 2. The van der Waals surface area contributed by atoms with E-state index in [0.717, 1.165) is 0 Å². The van der Waals surface area contributed by atoms with Gasteiger partial charge < -0.3 is 10.2 Å². The maximum Gasteiger partial charge on any atom is 0.226 e. The van der Waals surface area contributed by atoms with Crippen molar-refractivity contribution in [2.24, 2.45) is 0 Å². The van der Waals surface area contributed by atoms with Crippen LogP contribution in [0.5, 0.6) is 0 Å². The maximum atomic E-state index is 12.0. The fourth-order valence-electron chi connectivity index (χ4n) is 2.64. The van der Waals surface area contributed by atoms with Crippen molar-refractivity contribution in [3.8, 4) is 0 Å². The minimum absolute atomic E-state index is 0.0407. The first-order valence-electron chi connectivity index (χ1n) is 7.40. The second kappa shape index (κ2) is 7.72. The summed E-state index contributed by atoms with van der Waals surface area (Å²) in [5.74, 6) is -0.488. The van der Waals surface area contributed by atoms with E-state index in [-0.39, 0.29) is 42.3 Å². The summed E-state index contributed by atoms with van der Waals surface area (Å²) in [7, 11) is -3.09. The zero-order chi connectivity index (χ0) is 17.9. The van der Waals surface area contributed by atoms with Crippen LogP contribution in [0.15, 0.2) is 18.2 Å². The summed E-state index contributed by atoms with van der Waals surface area (Å²) in [5.41, 5.74) is 0.507. The molecule has 1 aromatic rings. The molecular formula is C15H18Cl2N2O4S. The number of hydrogen-bond acceptors (Lipinski definition) is 4. The molecule has 6 nitrogen and oxygen atoms in total. The SMILES string of the molecule is CC(=O)N(CCC(=O)Nc1ccc(Cl)c(Cl)c1)C1CCS(=O)(=O)C1. The third kappa shape index (κ3) is 5.09. The second-order valence-corrected chi connectivity index (χ2v) is 8.74. The molecule has 132 valence electrons. The molecule has 24 heavy (non-hydrogen) atoms. The molecule has 1 aliphatic rings. The van der Waals surface area contributed by atoms with Gasteiger partial charge in [0.25, 0.3) is 0 Å². The lowest BCUT2D eigenvalue weighted by Gasteiger charge is -2.26. The van der Waals surface area contributed by atoms with E-state index in [1.165, 1.54) is 17.9 Å². The van der Waals surface area contributed by atoms with Crippen molar-refractivity contribution in [3.63, 3.8) is 0 Å². The molecule has 1 N–H and O–H groups in total. The number of halogens is 2. The molecule has 0 saturated carbocycles. The van der Waals surface area contributed by atoms with Gasteiger partial charge in [-0.25, -0.2) is 8.42 Å². The van der Waals surface area contributed by atoms with Crippen LogP contribution in [0.2, 0.25) is 10.0 Å². The van der Waals surface area contributed by atoms with Gasteiger partial charge in [-0.1, -0.05) is 23.2 Å². The molecular weight excluding hydrogens is 375 g/mol. The minimum atomic E-state index is -3.09. The highest BCUT2D eigenvalue weighted by molar-refractivity contribution is 7.91. The molecule has 0 aliphatic carbocycles. The Morgan fingerprint density at radius 1 is 1.29 bits per heavy atom. The summed E-state index contributed by atoms with van der Waals surface area (Å²) in [5, 5.41) is 3.39. The Hall–Kier alpha value is -1.31. The fourth-order valence-corrected chi connectivity index (χ4v) is 4.67. The van der Waals surface area contributed by atoms with Crippen LogP contribution in [0.4, 0.5) is 5.69 Å². The average Bonchev–Trinajstić information content (AvgIpc) is 2.83. The Bertz CT molecular complexity index is 752. The predicted octanol–water partition coefficient (Wildman–Crippen LogP) is 2.36. The normalized spacial score (nSPS) is 19.0. The van der Waals surface area contributed by atoms with Gasteiger partial charge in [0.1, 0.15) is 0 Å². The highest BCUT2D eigenvalue weighted by atomic mass is 35.5. The molecule has 1 heterocycles. The van der Waals surface area contributed by atoms with E-state index in [2.05, 4.69) is 5.32 Å². The summed E-state index contributed by atoms with van der Waals surface area (Å²) < 4.78 is 23.1. The third-order valence-electron chi connectivity index (χ3n) is 3.84. The van der Waals surface area contributed by atoms with E-state index < -0.39 is 9.84 Å². The first-order chi connectivity index (χ1) is 11.2. The summed E-state index contributed by atoms with van der Waals surface area (Å²) in [6.45, 7) is 1.55. The van der Waals surface area contributed by atoms with Crippen LogP contribution in [0, 0.1) is 0 Å². The highest BCUT2D eigenvalue weighted by Crippen LogP contribution is 2.25. The quantitative estimate of drug-likeness (QED) is 0.833. The number of nitrogens with zero attached hydrogens (tertiary/aromatic N) is 1. The van der Waals surface area contributed by atoms with Crippen LogP contribution in [0.25, 0.3) is 0 Å². The topological polar surface area (TPSA) is 83.6 Å². The number of anilines is 1. The van der Waals surface area contributed by atoms with Crippen molar-refractivity contribution in [2.75, 3.05) is 23.4 Å². The molecule has 2 rings (SSSR count). The summed E-state index contributed by atoms with van der Waals surface area (Å²) in [4.78, 5) is 25.3. The van der Waals surface area contributed by atoms with Gasteiger partial charge in [0.2, 0.25) is 11.8 Å². The average molecular weight is 393 g/mol. The van der Waals surface area contributed by atoms with Crippen LogP contribution < -0.4 is 5.32 Å². The maximum absolute atomic E-state index is 12.0. The Kier molecular flexibility index (Phi) is 6.11. The lowest BCUT2D eigenvalue weighted by atomic mass is 10.2. The van der Waals surface area contributed by atoms with Crippen molar-refractivity contribution in [1.29, 1.82) is 0 Å². The first-order valence-corrected chi connectivity index (χ1v) is 9.98. The van der Waals surface area contributed by atoms with E-state index in [1.807, 2.05) is 0 Å². The zero-order valence-corrected chi connectivity index (χ0v) is 15.4. The lowest BCUT2D eigenvalue weighted by molar-refractivity contribution is -0.131. The van der Waals surface area contributed by atoms with E-state index in [9.17, 15) is 18.0 Å². The van der Waals surface area contributed by atoms with Gasteiger partial charge in [-0.15, -0.1) is 0 Å². The molecule has 1 fully saturated rings. The summed E-state index contributed by atoms with van der Waals surface area (Å²) >= 11 is 11.7. The Balaban J connectivity index is 1.93. The number of nitrogens with one attached hydrogen (secondary N) is 1. The predicted molar refractivity (Wildman–Crippen MR) is 94.2 cm³/mol. The monoisotopic (exact) mass is 392 g/mol. The number of amides is 2. The molecule has 1 aromatic carbocycles. The smallest absolute Gasteiger partial charge is 0.226 e. The largest absolute Gasteiger partial charge is 0.338 e. The van der Waals surface area contributed by atoms with Gasteiger partial charge in [0, 0.05) is 31.6 Å². The van der Waals surface area contributed by atoms with E-state index in [1.54, 1.807) is 12.1 Å². The molecule has 1 aliphatic heterocycles. The Labute approximate surface area is 151 Å². The van der Waals surface area contributed by atoms with Crippen LogP contribution in [-0.2, 0) is 19.4 Å². The van der Waals surface area contributed by atoms with Crippen molar-refractivity contribution in [3.05, 3.63) is 28.2 Å². The fraction of sp³-hybridized carbons (Fsp3) is 0.467. The second-order valence-electron chi connectivity index (χ2n) is 5.70. The van der Waals surface area contributed by atoms with Gasteiger partial charge in [0.15, 0.2) is 9.84 Å². The van der Waals surface area contributed by atoms with Gasteiger partial charge in [-0.3, -0.25) is 9.59 Å². The molecule has 9 heteroatoms. The summed E-state index contributed by atoms with van der Waals surface area (Å²) in [6.07, 6.45) is 0.479. The van der Waals surface area contributed by atoms with Gasteiger partial charge in [-0.2, -0.15) is 0 Å². The molecule has 1 unspecified atom stereocenters. The van der Waals surface area contributed by atoms with E-state index >= 15 is 0 Å². The van der Waals surface area contributed by atoms with Gasteiger partial charge >= 0.3 is 0 Å². The molecule has 2 amide bonds. The molecule has 0 bridgehead atoms. The Morgan fingerprint density at radius 3 is 2.54 bits per heavy atom. The number of carbonyl (C=O) groups is 2. The van der Waals surface area contributed by atoms with Gasteiger partial charge in [-0.05, 0) is 24.6 Å². The third-order valence-corrected chi connectivity index (χ3v) is 6.33. The molecule has 0 aromatic heterocycles. The molecule has 1 atom stereocenters. The highest BCUT2D eigenvalue weighted by Gasteiger charge is 2.33. The number of hydrogen-bond donors (Lipinski definition) is 1. The lowest BCUT2D eigenvalue weighted by Crippen LogP contribution is -2.41. The van der Waals surface area contributed by atoms with Crippen LogP contribution in [-0.4, -0.2) is 49.2 Å².